The van der Waals surface area contributed by atoms with E-state index in [1.165, 1.54) is 12.3 Å². The highest BCUT2D eigenvalue weighted by Gasteiger charge is 2.40. The number of H-pyrrole nitrogens is 1. The van der Waals surface area contributed by atoms with E-state index >= 15 is 0 Å². The van der Waals surface area contributed by atoms with Gasteiger partial charge in [0.05, 0.1) is 47.7 Å². The number of halogens is 3. The molecule has 0 amide bonds. The van der Waals surface area contributed by atoms with Gasteiger partial charge in [-0.25, -0.2) is 24.7 Å². The summed E-state index contributed by atoms with van der Waals surface area (Å²) < 4.78 is 53.7. The first kappa shape index (κ1) is 34.1. The third kappa shape index (κ3) is 7.24. The highest BCUT2D eigenvalue weighted by molar-refractivity contribution is 5.91. The Balaban J connectivity index is 1.21. The minimum Gasteiger partial charge on any atom is -0.480 e. The molecule has 2 saturated carbocycles. The topological polar surface area (TPSA) is 142 Å². The monoisotopic (exact) mass is 694 g/mol. The number of aliphatic carboxylic acids is 1. The third-order valence-electron chi connectivity index (χ3n) is 10.1. The molecular weight excluding hydrogens is 653 g/mol. The zero-order chi connectivity index (χ0) is 35.0. The number of rotatable bonds is 12. The van der Waals surface area contributed by atoms with Gasteiger partial charge in [0.2, 0.25) is 0 Å². The summed E-state index contributed by atoms with van der Waals surface area (Å²) in [7, 11) is 3.70. The lowest BCUT2D eigenvalue weighted by Gasteiger charge is -2.34. The number of carbonyl (C=O) groups is 1. The van der Waals surface area contributed by atoms with Gasteiger partial charge in [0.1, 0.15) is 23.6 Å². The van der Waals surface area contributed by atoms with E-state index < -0.39 is 17.7 Å². The fraction of sp³-hybridized carbons (Fsp3) is 0.543. The van der Waals surface area contributed by atoms with Crippen LogP contribution in [0.2, 0.25) is 0 Å². The summed E-state index contributed by atoms with van der Waals surface area (Å²) >= 11 is 0. The van der Waals surface area contributed by atoms with Gasteiger partial charge < -0.3 is 29.4 Å². The molecule has 0 bridgehead atoms. The summed E-state index contributed by atoms with van der Waals surface area (Å²) in [5.41, 5.74) is 2.20. The van der Waals surface area contributed by atoms with Crippen LogP contribution in [-0.4, -0.2) is 94.1 Å². The second kappa shape index (κ2) is 13.7. The van der Waals surface area contributed by atoms with Crippen molar-refractivity contribution in [3.63, 3.8) is 0 Å². The number of carboxylic acid groups (broad SMARTS) is 1. The number of nitrogens with one attached hydrogen (secondary N) is 1. The van der Waals surface area contributed by atoms with E-state index in [1.54, 1.807) is 19.5 Å². The molecule has 0 spiro atoms. The summed E-state index contributed by atoms with van der Waals surface area (Å²) in [6.45, 7) is 2.30. The van der Waals surface area contributed by atoms with E-state index in [0.29, 0.717) is 86.1 Å². The minimum absolute atomic E-state index is 0.0445. The van der Waals surface area contributed by atoms with Crippen molar-refractivity contribution >= 4 is 28.6 Å². The third-order valence-corrected chi connectivity index (χ3v) is 10.1. The average molecular weight is 695 g/mol. The van der Waals surface area contributed by atoms with Crippen LogP contribution in [0.25, 0.3) is 33.9 Å². The second-order valence-electron chi connectivity index (χ2n) is 13.9. The van der Waals surface area contributed by atoms with Gasteiger partial charge in [0.15, 0.2) is 11.5 Å². The molecule has 1 aliphatic heterocycles. The molecule has 0 atom stereocenters. The number of nitrogens with zero attached hydrogens (tertiary/aromatic N) is 7. The molecule has 1 saturated heterocycles. The number of piperidine rings is 1. The Kier molecular flexibility index (Phi) is 9.37. The molecule has 0 radical (unpaired) electrons. The Labute approximate surface area is 287 Å². The Morgan fingerprint density at radius 2 is 1.80 bits per heavy atom. The van der Waals surface area contributed by atoms with Crippen LogP contribution in [0, 0.1) is 5.41 Å². The van der Waals surface area contributed by atoms with Crippen LogP contribution in [0.15, 0.2) is 30.7 Å². The summed E-state index contributed by atoms with van der Waals surface area (Å²) in [5, 5.41) is 8.89. The molecular formula is C35H41F3N8O4. The fourth-order valence-corrected chi connectivity index (χ4v) is 7.48. The molecule has 5 heterocycles. The lowest BCUT2D eigenvalue weighted by Crippen LogP contribution is -2.38. The van der Waals surface area contributed by atoms with Crippen LogP contribution in [-0.2, 0) is 20.4 Å². The maximum atomic E-state index is 14.2. The Bertz CT molecular complexity index is 1830. The van der Waals surface area contributed by atoms with Gasteiger partial charge in [0.25, 0.3) is 0 Å². The Hall–Kier alpha value is -4.37. The van der Waals surface area contributed by atoms with Crippen LogP contribution in [0.5, 0.6) is 0 Å². The second-order valence-corrected chi connectivity index (χ2v) is 13.9. The number of hydrogen-bond donors (Lipinski definition) is 2. The van der Waals surface area contributed by atoms with Crippen molar-refractivity contribution in [2.75, 3.05) is 56.8 Å². The van der Waals surface area contributed by atoms with E-state index in [2.05, 4.69) is 29.7 Å². The van der Waals surface area contributed by atoms with Crippen molar-refractivity contribution in [2.24, 2.45) is 5.41 Å². The molecule has 2 aliphatic carbocycles. The minimum atomic E-state index is -4.53. The summed E-state index contributed by atoms with van der Waals surface area (Å²) in [6, 6.07) is 2.98. The van der Waals surface area contributed by atoms with E-state index in [9.17, 15) is 18.0 Å². The van der Waals surface area contributed by atoms with Gasteiger partial charge in [-0.05, 0) is 50.7 Å². The standard InChI is InChI=1S/C35H41F3N8O4/c1-45(19-34(20-49-2)9-3-4-10-34)27-14-25(22-13-24(35(36,37)38)30(41-15-22)21-5-6-21)42-33-31(27)43-32(44-33)26-16-40-28(17-39-26)46-11-7-23(8-12-46)50-18-29(47)48/h13-17,21,23H,3-12,18-20H2,1-2H3,(H,47,48)(H,42,43,44). The van der Waals surface area contributed by atoms with Crippen molar-refractivity contribution in [3.05, 3.63) is 42.0 Å². The maximum Gasteiger partial charge on any atom is 0.418 e. The van der Waals surface area contributed by atoms with Gasteiger partial charge in [0, 0.05) is 56.9 Å². The summed E-state index contributed by atoms with van der Waals surface area (Å²) in [4.78, 5) is 41.5. The number of pyridine rings is 2. The predicted molar refractivity (Wildman–Crippen MR) is 180 cm³/mol. The van der Waals surface area contributed by atoms with Crippen LogP contribution in [0.4, 0.5) is 24.7 Å². The average Bonchev–Trinajstić information content (AvgIpc) is 3.70. The van der Waals surface area contributed by atoms with E-state index in [-0.39, 0.29) is 35.3 Å². The number of carboxylic acids is 1. The van der Waals surface area contributed by atoms with Crippen LogP contribution in [0.3, 0.4) is 0 Å². The number of aromatic nitrogens is 6. The van der Waals surface area contributed by atoms with Crippen molar-refractivity contribution in [2.45, 2.75) is 69.6 Å². The van der Waals surface area contributed by atoms with Gasteiger partial charge in [-0.3, -0.25) is 4.98 Å². The Morgan fingerprint density at radius 1 is 1.04 bits per heavy atom. The van der Waals surface area contributed by atoms with Crippen LogP contribution in [0.1, 0.15) is 68.5 Å². The maximum absolute atomic E-state index is 14.2. The first-order chi connectivity index (χ1) is 24.0. The SMILES string of the molecule is COCC1(CN(C)c2cc(-c3cnc(C4CC4)c(C(F)(F)F)c3)nc3nc(-c4cnc(N5CCC(OCC(=O)O)CC5)cn4)[nH]c23)CCCC1. The molecule has 3 aliphatic rings. The molecule has 4 aromatic rings. The molecule has 2 N–H and O–H groups in total. The number of fused-ring (bicyclic) bond motifs is 1. The number of anilines is 2. The van der Waals surface area contributed by atoms with Gasteiger partial charge in [-0.15, -0.1) is 0 Å². The van der Waals surface area contributed by atoms with E-state index in [0.717, 1.165) is 31.4 Å². The highest BCUT2D eigenvalue weighted by Crippen LogP contribution is 2.46. The molecule has 50 heavy (non-hydrogen) atoms. The molecule has 15 heteroatoms. The van der Waals surface area contributed by atoms with E-state index in [1.807, 2.05) is 13.1 Å². The van der Waals surface area contributed by atoms with Gasteiger partial charge in [-0.2, -0.15) is 13.2 Å². The van der Waals surface area contributed by atoms with Crippen molar-refractivity contribution in [1.82, 2.24) is 29.9 Å². The van der Waals surface area contributed by atoms with Gasteiger partial charge >= 0.3 is 12.1 Å². The molecule has 12 nitrogen and oxygen atoms in total. The lowest BCUT2D eigenvalue weighted by atomic mass is 9.86. The zero-order valence-electron chi connectivity index (χ0n) is 28.2. The largest absolute Gasteiger partial charge is 0.480 e. The van der Waals surface area contributed by atoms with E-state index in [4.69, 9.17) is 24.5 Å². The van der Waals surface area contributed by atoms with Gasteiger partial charge in [-0.1, -0.05) is 12.8 Å². The van der Waals surface area contributed by atoms with Crippen LogP contribution >= 0.6 is 0 Å². The number of alkyl halides is 3. The number of imidazole rings is 1. The first-order valence-corrected chi connectivity index (χ1v) is 17.1. The summed E-state index contributed by atoms with van der Waals surface area (Å²) in [6.07, 6.45) is 7.21. The fourth-order valence-electron chi connectivity index (χ4n) is 7.48. The molecule has 0 aromatic carbocycles. The summed E-state index contributed by atoms with van der Waals surface area (Å²) in [5.74, 6) is -0.0225. The normalized spacial score (nSPS) is 18.2. The van der Waals surface area contributed by atoms with Crippen molar-refractivity contribution in [3.8, 4) is 22.8 Å². The molecule has 3 fully saturated rings. The number of aromatic amines is 1. The smallest absolute Gasteiger partial charge is 0.418 e. The number of methoxy groups -OCH3 is 1. The highest BCUT2D eigenvalue weighted by atomic mass is 19.4. The lowest BCUT2D eigenvalue weighted by molar-refractivity contribution is -0.144. The van der Waals surface area contributed by atoms with Crippen LogP contribution < -0.4 is 9.80 Å². The Morgan fingerprint density at radius 3 is 2.44 bits per heavy atom. The molecule has 266 valence electrons. The molecule has 0 unspecified atom stereocenters. The molecule has 7 rings (SSSR count). The number of hydrogen-bond acceptors (Lipinski definition) is 10. The quantitative estimate of drug-likeness (QED) is 0.178. The number of ether oxygens (including phenoxy) is 2. The van der Waals surface area contributed by atoms with Crippen molar-refractivity contribution in [1.29, 1.82) is 0 Å². The first-order valence-electron chi connectivity index (χ1n) is 17.1. The zero-order valence-corrected chi connectivity index (χ0v) is 28.2. The van der Waals surface area contributed by atoms with Crippen molar-refractivity contribution < 1.29 is 32.5 Å². The molecule has 4 aromatic heterocycles. The predicted octanol–water partition coefficient (Wildman–Crippen LogP) is 6.09.